The number of carbonyl (C=O) groups is 2. The Kier molecular flexibility index (Phi) is 3.95. The SMILES string of the molecule is O=C1OC2(CCCCC2)OC(=O)C1=Cc1cc(Br)ccc1O. The maximum atomic E-state index is 12.2. The minimum atomic E-state index is -1.09. The van der Waals surface area contributed by atoms with Crippen molar-refractivity contribution in [2.24, 2.45) is 0 Å². The van der Waals surface area contributed by atoms with Crippen LogP contribution in [0.1, 0.15) is 37.7 Å². The fraction of sp³-hybridized carbons (Fsp3) is 0.375. The van der Waals surface area contributed by atoms with E-state index in [-0.39, 0.29) is 11.3 Å². The molecule has 2 aliphatic rings. The predicted molar refractivity (Wildman–Crippen MR) is 81.8 cm³/mol. The third kappa shape index (κ3) is 2.88. The van der Waals surface area contributed by atoms with Crippen molar-refractivity contribution in [1.82, 2.24) is 0 Å². The van der Waals surface area contributed by atoms with Gasteiger partial charge in [-0.05, 0) is 37.1 Å². The average Bonchev–Trinajstić information content (AvgIpc) is 2.47. The summed E-state index contributed by atoms with van der Waals surface area (Å²) in [5, 5.41) is 9.81. The average molecular weight is 367 g/mol. The van der Waals surface area contributed by atoms with Gasteiger partial charge in [-0.1, -0.05) is 22.4 Å². The van der Waals surface area contributed by atoms with Gasteiger partial charge < -0.3 is 14.6 Å². The topological polar surface area (TPSA) is 72.8 Å². The minimum absolute atomic E-state index is 0.0331. The number of aromatic hydroxyl groups is 1. The molecule has 0 aromatic heterocycles. The molecule has 1 saturated heterocycles. The summed E-state index contributed by atoms with van der Waals surface area (Å²) in [5.74, 6) is -2.52. The minimum Gasteiger partial charge on any atom is -0.507 e. The van der Waals surface area contributed by atoms with Gasteiger partial charge in [0.1, 0.15) is 11.3 Å². The molecule has 3 rings (SSSR count). The van der Waals surface area contributed by atoms with E-state index in [9.17, 15) is 14.7 Å². The lowest BCUT2D eigenvalue weighted by molar-refractivity contribution is -0.244. The van der Waals surface area contributed by atoms with Crippen LogP contribution in [0.5, 0.6) is 5.75 Å². The second-order valence-corrected chi connectivity index (χ2v) is 6.43. The number of phenolic OH excluding ortho intramolecular Hbond substituents is 1. The first-order chi connectivity index (χ1) is 10.5. The van der Waals surface area contributed by atoms with Crippen LogP contribution >= 0.6 is 15.9 Å². The molecule has 1 aromatic carbocycles. The lowest BCUT2D eigenvalue weighted by Gasteiger charge is -2.38. The van der Waals surface area contributed by atoms with E-state index in [0.717, 1.165) is 23.7 Å². The van der Waals surface area contributed by atoms with Gasteiger partial charge in [0.15, 0.2) is 0 Å². The van der Waals surface area contributed by atoms with E-state index in [2.05, 4.69) is 15.9 Å². The zero-order valence-corrected chi connectivity index (χ0v) is 13.4. The summed E-state index contributed by atoms with van der Waals surface area (Å²) in [6, 6.07) is 4.73. The van der Waals surface area contributed by atoms with Crippen molar-refractivity contribution < 1.29 is 24.2 Å². The number of halogens is 1. The number of rotatable bonds is 1. The van der Waals surface area contributed by atoms with Crippen LogP contribution in [0.25, 0.3) is 6.08 Å². The maximum Gasteiger partial charge on any atom is 0.348 e. The number of phenols is 1. The van der Waals surface area contributed by atoms with Crippen molar-refractivity contribution in [1.29, 1.82) is 0 Å². The summed E-state index contributed by atoms with van der Waals surface area (Å²) in [5.41, 5.74) is 0.141. The Bertz CT molecular complexity index is 637. The van der Waals surface area contributed by atoms with Gasteiger partial charge in [0, 0.05) is 22.9 Å². The van der Waals surface area contributed by atoms with Gasteiger partial charge in [0.05, 0.1) is 0 Å². The second kappa shape index (κ2) is 5.76. The lowest BCUT2D eigenvalue weighted by Crippen LogP contribution is -2.47. The molecule has 6 heteroatoms. The van der Waals surface area contributed by atoms with Gasteiger partial charge in [-0.3, -0.25) is 0 Å². The molecule has 0 atom stereocenters. The molecular weight excluding hydrogens is 352 g/mol. The molecule has 2 fully saturated rings. The van der Waals surface area contributed by atoms with E-state index in [0.29, 0.717) is 18.4 Å². The summed E-state index contributed by atoms with van der Waals surface area (Å²) >= 11 is 3.28. The number of hydrogen-bond acceptors (Lipinski definition) is 5. The molecule has 22 heavy (non-hydrogen) atoms. The van der Waals surface area contributed by atoms with E-state index in [1.807, 2.05) is 0 Å². The maximum absolute atomic E-state index is 12.2. The summed E-state index contributed by atoms with van der Waals surface area (Å²) in [7, 11) is 0. The molecule has 0 bridgehead atoms. The van der Waals surface area contributed by atoms with Crippen LogP contribution in [0.2, 0.25) is 0 Å². The molecular formula is C16H15BrO5. The van der Waals surface area contributed by atoms with Gasteiger partial charge in [-0.15, -0.1) is 0 Å². The second-order valence-electron chi connectivity index (χ2n) is 5.51. The van der Waals surface area contributed by atoms with Crippen LogP contribution in [0.3, 0.4) is 0 Å². The van der Waals surface area contributed by atoms with E-state index in [4.69, 9.17) is 9.47 Å². The van der Waals surface area contributed by atoms with Gasteiger partial charge >= 0.3 is 11.9 Å². The fourth-order valence-corrected chi connectivity index (χ4v) is 3.14. The van der Waals surface area contributed by atoms with Gasteiger partial charge in [-0.2, -0.15) is 0 Å². The monoisotopic (exact) mass is 366 g/mol. The third-order valence-corrected chi connectivity index (χ3v) is 4.40. The Hall–Kier alpha value is -1.82. The molecule has 1 aromatic rings. The van der Waals surface area contributed by atoms with Crippen LogP contribution in [-0.2, 0) is 19.1 Å². The van der Waals surface area contributed by atoms with Crippen LogP contribution in [0.4, 0.5) is 0 Å². The zero-order chi connectivity index (χ0) is 15.7. The number of carbonyl (C=O) groups excluding carboxylic acids is 2. The number of ether oxygens (including phenoxy) is 2. The lowest BCUT2D eigenvalue weighted by atomic mass is 9.93. The molecule has 116 valence electrons. The number of benzene rings is 1. The number of esters is 2. The summed E-state index contributed by atoms with van der Waals surface area (Å²) in [4.78, 5) is 24.4. The number of hydrogen-bond donors (Lipinski definition) is 1. The zero-order valence-electron chi connectivity index (χ0n) is 11.8. The Balaban J connectivity index is 1.89. The Labute approximate surface area is 136 Å². The van der Waals surface area contributed by atoms with E-state index in [1.165, 1.54) is 12.1 Å². The van der Waals surface area contributed by atoms with Crippen LogP contribution in [0, 0.1) is 0 Å². The predicted octanol–water partition coefficient (Wildman–Crippen LogP) is 3.30. The van der Waals surface area contributed by atoms with Crippen molar-refractivity contribution >= 4 is 33.9 Å². The largest absolute Gasteiger partial charge is 0.507 e. The molecule has 0 unspecified atom stereocenters. The van der Waals surface area contributed by atoms with Gasteiger partial charge in [0.25, 0.3) is 5.79 Å². The normalized spacial score (nSPS) is 20.5. The van der Waals surface area contributed by atoms with Gasteiger partial charge in [-0.25, -0.2) is 9.59 Å². The highest BCUT2D eigenvalue weighted by atomic mass is 79.9. The molecule has 1 N–H and O–H groups in total. The standard InChI is InChI=1S/C16H15BrO5/c17-11-4-5-13(18)10(8-11)9-12-14(19)21-16(22-15(12)20)6-2-1-3-7-16/h4-5,8-9,18H,1-3,6-7H2. The third-order valence-electron chi connectivity index (χ3n) is 3.90. The molecule has 1 aliphatic heterocycles. The molecule has 1 aliphatic carbocycles. The summed E-state index contributed by atoms with van der Waals surface area (Å²) in [6.07, 6.45) is 5.16. The van der Waals surface area contributed by atoms with Crippen molar-refractivity contribution in [2.75, 3.05) is 0 Å². The van der Waals surface area contributed by atoms with Crippen molar-refractivity contribution in [3.05, 3.63) is 33.8 Å². The van der Waals surface area contributed by atoms with Crippen molar-refractivity contribution in [3.63, 3.8) is 0 Å². The summed E-state index contributed by atoms with van der Waals surface area (Å²) in [6.45, 7) is 0. The van der Waals surface area contributed by atoms with Crippen LogP contribution < -0.4 is 0 Å². The van der Waals surface area contributed by atoms with Crippen LogP contribution in [0.15, 0.2) is 28.2 Å². The molecule has 0 amide bonds. The smallest absolute Gasteiger partial charge is 0.348 e. The van der Waals surface area contributed by atoms with E-state index in [1.54, 1.807) is 12.1 Å². The Morgan fingerprint density at radius 1 is 1.09 bits per heavy atom. The van der Waals surface area contributed by atoms with Crippen LogP contribution in [-0.4, -0.2) is 22.8 Å². The fourth-order valence-electron chi connectivity index (χ4n) is 2.76. The first-order valence-electron chi connectivity index (χ1n) is 7.16. The molecule has 1 spiro atoms. The Morgan fingerprint density at radius 3 is 2.36 bits per heavy atom. The molecule has 1 saturated carbocycles. The first kappa shape index (κ1) is 15.1. The molecule has 5 nitrogen and oxygen atoms in total. The van der Waals surface area contributed by atoms with Crippen molar-refractivity contribution in [3.8, 4) is 5.75 Å². The van der Waals surface area contributed by atoms with Crippen molar-refractivity contribution in [2.45, 2.75) is 37.9 Å². The molecule has 1 heterocycles. The van der Waals surface area contributed by atoms with E-state index < -0.39 is 17.7 Å². The Morgan fingerprint density at radius 2 is 1.73 bits per heavy atom. The van der Waals surface area contributed by atoms with E-state index >= 15 is 0 Å². The highest BCUT2D eigenvalue weighted by molar-refractivity contribution is 9.10. The highest BCUT2D eigenvalue weighted by Gasteiger charge is 2.46. The molecule has 0 radical (unpaired) electrons. The summed E-state index contributed by atoms with van der Waals surface area (Å²) < 4.78 is 11.5. The quantitative estimate of drug-likeness (QED) is 0.469. The first-order valence-corrected chi connectivity index (χ1v) is 7.95. The van der Waals surface area contributed by atoms with Gasteiger partial charge in [0.2, 0.25) is 0 Å². The highest BCUT2D eigenvalue weighted by Crippen LogP contribution is 2.37.